The van der Waals surface area contributed by atoms with Crippen LogP contribution in [0.2, 0.25) is 5.02 Å². The Morgan fingerprint density at radius 2 is 1.54 bits per heavy atom. The van der Waals surface area contributed by atoms with Crippen LogP contribution in [0.4, 0.5) is 0 Å². The van der Waals surface area contributed by atoms with Crippen molar-refractivity contribution >= 4 is 27.5 Å². The zero-order chi connectivity index (χ0) is 27.2. The maximum atomic E-state index is 13.2. The molecule has 0 atom stereocenters. The summed E-state index contributed by atoms with van der Waals surface area (Å²) in [5.74, 6) is 0.641. The van der Waals surface area contributed by atoms with Gasteiger partial charge in [-0.15, -0.1) is 0 Å². The molecular weight excluding hydrogens is 530 g/mol. The van der Waals surface area contributed by atoms with Crippen LogP contribution in [0.5, 0.6) is 5.75 Å². The molecule has 0 N–H and O–H groups in total. The van der Waals surface area contributed by atoms with Gasteiger partial charge in [-0.2, -0.15) is 10.4 Å². The van der Waals surface area contributed by atoms with E-state index in [0.717, 1.165) is 16.8 Å². The van der Waals surface area contributed by atoms with Crippen molar-refractivity contribution in [1.82, 2.24) is 9.78 Å². The van der Waals surface area contributed by atoms with E-state index >= 15 is 0 Å². The van der Waals surface area contributed by atoms with E-state index in [2.05, 4.69) is 0 Å². The Balaban J connectivity index is 1.52. The first-order valence-electron chi connectivity index (χ1n) is 12.0. The summed E-state index contributed by atoms with van der Waals surface area (Å²) in [7, 11) is -4.02. The summed E-state index contributed by atoms with van der Waals surface area (Å²) in [6, 6.07) is 34.0. The summed E-state index contributed by atoms with van der Waals surface area (Å²) in [6.45, 7) is 0.318. The molecule has 0 aliphatic heterocycles. The van der Waals surface area contributed by atoms with Crippen molar-refractivity contribution in [3.63, 3.8) is 0 Å². The summed E-state index contributed by atoms with van der Waals surface area (Å²) < 4.78 is 34.0. The van der Waals surface area contributed by atoms with Crippen LogP contribution in [0.3, 0.4) is 0 Å². The fourth-order valence-corrected chi connectivity index (χ4v) is 5.32. The fraction of sp³-hybridized carbons (Fsp3) is 0.0323. The number of hydrogen-bond donors (Lipinski definition) is 0. The van der Waals surface area contributed by atoms with Gasteiger partial charge >= 0.3 is 0 Å². The number of rotatable bonds is 8. The lowest BCUT2D eigenvalue weighted by Crippen LogP contribution is -2.03. The predicted molar refractivity (Wildman–Crippen MR) is 152 cm³/mol. The highest BCUT2D eigenvalue weighted by Gasteiger charge is 2.22. The number of para-hydroxylation sites is 1. The number of hydrogen-bond acceptors (Lipinski definition) is 5. The molecule has 0 fully saturated rings. The average Bonchev–Trinajstić information content (AvgIpc) is 3.40. The van der Waals surface area contributed by atoms with Gasteiger partial charge < -0.3 is 4.74 Å². The monoisotopic (exact) mass is 551 g/mol. The lowest BCUT2D eigenvalue weighted by atomic mass is 10.1. The van der Waals surface area contributed by atoms with Crippen molar-refractivity contribution in [3.8, 4) is 28.8 Å². The van der Waals surface area contributed by atoms with Crippen molar-refractivity contribution in [2.24, 2.45) is 0 Å². The van der Waals surface area contributed by atoms with Crippen molar-refractivity contribution in [2.75, 3.05) is 0 Å². The van der Waals surface area contributed by atoms with Crippen LogP contribution in [0.25, 0.3) is 23.0 Å². The maximum Gasteiger partial charge on any atom is 0.216 e. The van der Waals surface area contributed by atoms with E-state index in [1.807, 2.05) is 84.9 Å². The zero-order valence-corrected chi connectivity index (χ0v) is 22.2. The molecule has 8 heteroatoms. The number of sulfone groups is 1. The highest BCUT2D eigenvalue weighted by atomic mass is 35.5. The summed E-state index contributed by atoms with van der Waals surface area (Å²) in [6.07, 6.45) is 3.08. The molecule has 0 radical (unpaired) electrons. The van der Waals surface area contributed by atoms with Crippen LogP contribution in [0.1, 0.15) is 11.1 Å². The molecule has 1 aromatic heterocycles. The minimum absolute atomic E-state index is 0.0508. The third-order valence-corrected chi connectivity index (χ3v) is 8.03. The normalized spacial score (nSPS) is 11.6. The van der Waals surface area contributed by atoms with E-state index in [9.17, 15) is 13.7 Å². The summed E-state index contributed by atoms with van der Waals surface area (Å²) >= 11 is 6.23. The third kappa shape index (κ3) is 5.78. The lowest BCUT2D eigenvalue weighted by Gasteiger charge is -2.08. The molecule has 6 nitrogen and oxygen atoms in total. The van der Waals surface area contributed by atoms with Crippen molar-refractivity contribution in [1.29, 1.82) is 5.26 Å². The van der Waals surface area contributed by atoms with Crippen LogP contribution in [-0.2, 0) is 16.4 Å². The van der Waals surface area contributed by atoms with Gasteiger partial charge in [0.2, 0.25) is 9.84 Å². The van der Waals surface area contributed by atoms with Gasteiger partial charge in [-0.3, -0.25) is 0 Å². The molecule has 0 aliphatic rings. The van der Waals surface area contributed by atoms with Crippen LogP contribution in [0, 0.1) is 11.3 Å². The van der Waals surface area contributed by atoms with E-state index in [1.54, 1.807) is 29.1 Å². The first-order chi connectivity index (χ1) is 19.0. The van der Waals surface area contributed by atoms with E-state index < -0.39 is 9.84 Å². The topological polar surface area (TPSA) is 85.0 Å². The van der Waals surface area contributed by atoms with Gasteiger partial charge in [0.15, 0.2) is 0 Å². The summed E-state index contributed by atoms with van der Waals surface area (Å²) in [4.78, 5) is -0.322. The molecule has 0 unspecified atom stereocenters. The highest BCUT2D eigenvalue weighted by Crippen LogP contribution is 2.30. The summed E-state index contributed by atoms with van der Waals surface area (Å²) in [5, 5.41) is 15.2. The molecule has 0 aliphatic carbocycles. The molecular formula is C31H22ClN3O3S. The molecule has 0 spiro atoms. The molecule has 0 saturated carbocycles. The minimum Gasteiger partial charge on any atom is -0.489 e. The van der Waals surface area contributed by atoms with E-state index in [0.29, 0.717) is 28.6 Å². The molecule has 5 aromatic rings. The Hall–Kier alpha value is -4.64. The summed E-state index contributed by atoms with van der Waals surface area (Å²) in [5.41, 5.74) is 3.41. The van der Waals surface area contributed by atoms with Gasteiger partial charge in [0, 0.05) is 27.9 Å². The largest absolute Gasteiger partial charge is 0.489 e. The molecule has 39 heavy (non-hydrogen) atoms. The second kappa shape index (κ2) is 11.4. The van der Waals surface area contributed by atoms with Gasteiger partial charge in [0.1, 0.15) is 29.0 Å². The number of nitrogens with zero attached hydrogens (tertiary/aromatic N) is 3. The first-order valence-corrected chi connectivity index (χ1v) is 13.9. The SMILES string of the molecule is N#C/C(=C/c1cn(-c2ccccc2)nc1-c1ccc(OCc2ccccc2Cl)cc1)S(=O)(=O)c1ccccc1. The predicted octanol–water partition coefficient (Wildman–Crippen LogP) is 7.11. The molecule has 5 rings (SSSR count). The lowest BCUT2D eigenvalue weighted by molar-refractivity contribution is 0.306. The van der Waals surface area contributed by atoms with E-state index in [-0.39, 0.29) is 9.80 Å². The number of allylic oxidation sites excluding steroid dienone is 1. The molecule has 192 valence electrons. The van der Waals surface area contributed by atoms with Gasteiger partial charge in [0.05, 0.1) is 10.6 Å². The maximum absolute atomic E-state index is 13.2. The number of nitriles is 1. The highest BCUT2D eigenvalue weighted by molar-refractivity contribution is 7.95. The Kier molecular flexibility index (Phi) is 7.60. The quantitative estimate of drug-likeness (QED) is 0.192. The number of aromatic nitrogens is 2. The Labute approximate surface area is 231 Å². The van der Waals surface area contributed by atoms with Crippen LogP contribution in [-0.4, -0.2) is 18.2 Å². The van der Waals surface area contributed by atoms with Gasteiger partial charge in [0.25, 0.3) is 0 Å². The number of ether oxygens (including phenoxy) is 1. The van der Waals surface area contributed by atoms with E-state index in [1.165, 1.54) is 18.2 Å². The number of benzene rings is 4. The number of halogens is 1. The zero-order valence-electron chi connectivity index (χ0n) is 20.6. The van der Waals surface area contributed by atoms with Crippen molar-refractivity contribution < 1.29 is 13.2 Å². The van der Waals surface area contributed by atoms with Crippen LogP contribution >= 0.6 is 11.6 Å². The third-order valence-electron chi connectivity index (χ3n) is 5.98. The minimum atomic E-state index is -4.02. The first kappa shape index (κ1) is 26.0. The Morgan fingerprint density at radius 3 is 2.21 bits per heavy atom. The van der Waals surface area contributed by atoms with Gasteiger partial charge in [-0.05, 0) is 60.7 Å². The Morgan fingerprint density at radius 1 is 0.897 bits per heavy atom. The molecule has 4 aromatic carbocycles. The van der Waals surface area contributed by atoms with Crippen molar-refractivity contribution in [2.45, 2.75) is 11.5 Å². The standard InChI is InChI=1S/C31H22ClN3O3S/c32-30-14-8-7-9-24(30)22-38-27-17-15-23(16-18-27)31-25(21-35(34-31)26-10-3-1-4-11-26)19-29(20-33)39(36,37)28-12-5-2-6-13-28/h1-19,21H,22H2/b29-19-. The van der Waals surface area contributed by atoms with Crippen molar-refractivity contribution in [3.05, 3.63) is 136 Å². The van der Waals surface area contributed by atoms with E-state index in [4.69, 9.17) is 21.4 Å². The van der Waals surface area contributed by atoms with Crippen LogP contribution in [0.15, 0.2) is 125 Å². The van der Waals surface area contributed by atoms with Gasteiger partial charge in [-0.1, -0.05) is 66.2 Å². The average molecular weight is 552 g/mol. The van der Waals surface area contributed by atoms with Gasteiger partial charge in [-0.25, -0.2) is 13.1 Å². The Bertz CT molecular complexity index is 1770. The molecule has 0 saturated heterocycles. The fourth-order valence-electron chi connectivity index (χ4n) is 3.95. The smallest absolute Gasteiger partial charge is 0.216 e. The second-order valence-corrected chi connectivity index (χ2v) is 10.9. The molecule has 1 heterocycles. The molecule has 0 amide bonds. The molecule has 0 bridgehead atoms. The van der Waals surface area contributed by atoms with Crippen LogP contribution < -0.4 is 4.74 Å². The second-order valence-electron chi connectivity index (χ2n) is 8.55.